The molecule has 2 atom stereocenters. The normalized spacial score (nSPS) is 24.2. The van der Waals surface area contributed by atoms with Gasteiger partial charge in [0.1, 0.15) is 0 Å². The molecule has 8 heteroatoms. The summed E-state index contributed by atoms with van der Waals surface area (Å²) in [6, 6.07) is -0.0633. The van der Waals surface area contributed by atoms with Crippen LogP contribution in [0.1, 0.15) is 25.0 Å². The SMILES string of the molecule is Cc1[nH]c(=O)sc1S(=O)(=O)N(C)C1CCCC1CN. The summed E-state index contributed by atoms with van der Waals surface area (Å²) in [4.78, 5) is 13.5. The van der Waals surface area contributed by atoms with Crippen molar-refractivity contribution in [2.75, 3.05) is 13.6 Å². The molecule has 2 unspecified atom stereocenters. The highest BCUT2D eigenvalue weighted by Crippen LogP contribution is 2.32. The second-order valence-corrected chi connectivity index (χ2v) is 8.12. The molecule has 1 fully saturated rings. The van der Waals surface area contributed by atoms with Crippen LogP contribution in [-0.4, -0.2) is 37.3 Å². The van der Waals surface area contributed by atoms with Crippen LogP contribution in [0.3, 0.4) is 0 Å². The van der Waals surface area contributed by atoms with Gasteiger partial charge in [0.2, 0.25) is 0 Å². The number of aromatic amines is 1. The minimum Gasteiger partial charge on any atom is -0.330 e. The second-order valence-electron chi connectivity index (χ2n) is 4.94. The molecule has 1 aromatic heterocycles. The smallest absolute Gasteiger partial charge is 0.305 e. The highest BCUT2D eigenvalue weighted by Gasteiger charge is 2.37. The van der Waals surface area contributed by atoms with Crippen molar-refractivity contribution in [3.8, 4) is 0 Å². The quantitative estimate of drug-likeness (QED) is 0.846. The Morgan fingerprint density at radius 1 is 1.47 bits per heavy atom. The number of hydrogen-bond donors (Lipinski definition) is 2. The van der Waals surface area contributed by atoms with Crippen LogP contribution in [0.25, 0.3) is 0 Å². The number of nitrogens with zero attached hydrogens (tertiary/aromatic N) is 1. The largest absolute Gasteiger partial charge is 0.330 e. The Balaban J connectivity index is 2.34. The number of aryl methyl sites for hydroxylation is 1. The van der Waals surface area contributed by atoms with Gasteiger partial charge in [0.05, 0.1) is 0 Å². The molecule has 0 bridgehead atoms. The predicted octanol–water partition coefficient (Wildman–Crippen LogP) is 0.493. The van der Waals surface area contributed by atoms with Crippen molar-refractivity contribution in [1.29, 1.82) is 0 Å². The van der Waals surface area contributed by atoms with Crippen molar-refractivity contribution in [1.82, 2.24) is 9.29 Å². The van der Waals surface area contributed by atoms with Gasteiger partial charge < -0.3 is 10.7 Å². The number of H-pyrrole nitrogens is 1. The van der Waals surface area contributed by atoms with Crippen LogP contribution in [0.5, 0.6) is 0 Å². The maximum Gasteiger partial charge on any atom is 0.305 e. The number of thiazole rings is 1. The fourth-order valence-corrected chi connectivity index (χ4v) is 5.63. The van der Waals surface area contributed by atoms with Crippen LogP contribution in [0, 0.1) is 12.8 Å². The number of rotatable bonds is 4. The molecular formula is C11H19N3O3S2. The first-order valence-electron chi connectivity index (χ1n) is 6.25. The van der Waals surface area contributed by atoms with E-state index in [1.54, 1.807) is 14.0 Å². The van der Waals surface area contributed by atoms with Gasteiger partial charge in [-0.15, -0.1) is 0 Å². The van der Waals surface area contributed by atoms with Crippen molar-refractivity contribution < 1.29 is 8.42 Å². The van der Waals surface area contributed by atoms with Crippen molar-refractivity contribution in [3.05, 3.63) is 15.4 Å². The molecule has 1 aliphatic rings. The third kappa shape index (κ3) is 2.62. The molecule has 2 rings (SSSR count). The zero-order valence-electron chi connectivity index (χ0n) is 11.0. The first kappa shape index (κ1) is 14.7. The van der Waals surface area contributed by atoms with E-state index in [4.69, 9.17) is 5.73 Å². The van der Waals surface area contributed by atoms with Crippen LogP contribution in [0.15, 0.2) is 9.00 Å². The van der Waals surface area contributed by atoms with Crippen LogP contribution < -0.4 is 10.6 Å². The van der Waals surface area contributed by atoms with E-state index in [2.05, 4.69) is 4.98 Å². The highest BCUT2D eigenvalue weighted by atomic mass is 32.2. The topological polar surface area (TPSA) is 96.3 Å². The maximum atomic E-state index is 12.6. The van der Waals surface area contributed by atoms with Gasteiger partial charge in [0, 0.05) is 18.8 Å². The summed E-state index contributed by atoms with van der Waals surface area (Å²) in [6.45, 7) is 2.10. The summed E-state index contributed by atoms with van der Waals surface area (Å²) in [7, 11) is -2.03. The zero-order chi connectivity index (χ0) is 14.2. The summed E-state index contributed by atoms with van der Waals surface area (Å²) in [6.07, 6.45) is 2.79. The molecule has 0 aliphatic heterocycles. The standard InChI is InChI=1S/C11H19N3O3S2/c1-7-10(18-11(15)13-7)19(16,17)14(2)9-5-3-4-8(9)6-12/h8-9H,3-6,12H2,1-2H3,(H,13,15). The van der Waals surface area contributed by atoms with E-state index in [0.717, 1.165) is 30.6 Å². The lowest BCUT2D eigenvalue weighted by molar-refractivity contribution is 0.304. The minimum absolute atomic E-state index is 0.0633. The zero-order valence-corrected chi connectivity index (χ0v) is 12.7. The first-order chi connectivity index (χ1) is 8.87. The molecule has 0 saturated heterocycles. The van der Waals surface area contributed by atoms with Gasteiger partial charge in [-0.3, -0.25) is 4.79 Å². The Morgan fingerprint density at radius 2 is 2.16 bits per heavy atom. The van der Waals surface area contributed by atoms with Crippen molar-refractivity contribution >= 4 is 21.4 Å². The number of nitrogens with two attached hydrogens (primary N) is 1. The van der Waals surface area contributed by atoms with E-state index in [0.29, 0.717) is 12.2 Å². The van der Waals surface area contributed by atoms with Crippen LogP contribution in [-0.2, 0) is 10.0 Å². The Bertz CT molecular complexity index is 605. The van der Waals surface area contributed by atoms with E-state index < -0.39 is 10.0 Å². The summed E-state index contributed by atoms with van der Waals surface area (Å²) in [5.41, 5.74) is 6.11. The molecule has 1 aliphatic carbocycles. The first-order valence-corrected chi connectivity index (χ1v) is 8.51. The Kier molecular flexibility index (Phi) is 4.14. The van der Waals surface area contributed by atoms with E-state index in [1.165, 1.54) is 4.31 Å². The monoisotopic (exact) mass is 305 g/mol. The van der Waals surface area contributed by atoms with E-state index >= 15 is 0 Å². The molecular weight excluding hydrogens is 286 g/mol. The summed E-state index contributed by atoms with van der Waals surface area (Å²) >= 11 is 0.745. The molecule has 1 saturated carbocycles. The van der Waals surface area contributed by atoms with Crippen LogP contribution >= 0.6 is 11.3 Å². The molecule has 19 heavy (non-hydrogen) atoms. The molecule has 3 N–H and O–H groups in total. The van der Waals surface area contributed by atoms with Gasteiger partial charge in [0.15, 0.2) is 4.21 Å². The number of nitrogens with one attached hydrogen (secondary N) is 1. The van der Waals surface area contributed by atoms with E-state index in [1.807, 2.05) is 0 Å². The molecule has 0 spiro atoms. The molecule has 0 radical (unpaired) electrons. The lowest BCUT2D eigenvalue weighted by Crippen LogP contribution is -2.41. The predicted molar refractivity (Wildman–Crippen MR) is 74.8 cm³/mol. The Hall–Kier alpha value is -0.700. The van der Waals surface area contributed by atoms with Gasteiger partial charge in [-0.05, 0) is 32.2 Å². The molecule has 108 valence electrons. The third-order valence-corrected chi connectivity index (χ3v) is 7.25. The maximum absolute atomic E-state index is 12.6. The van der Waals surface area contributed by atoms with Gasteiger partial charge in [-0.1, -0.05) is 17.8 Å². The summed E-state index contributed by atoms with van der Waals surface area (Å²) in [5, 5.41) is 0. The minimum atomic E-state index is -3.61. The summed E-state index contributed by atoms with van der Waals surface area (Å²) < 4.78 is 26.6. The average molecular weight is 305 g/mol. The van der Waals surface area contributed by atoms with Crippen LogP contribution in [0.4, 0.5) is 0 Å². The van der Waals surface area contributed by atoms with Gasteiger partial charge in [0.25, 0.3) is 10.0 Å². The van der Waals surface area contributed by atoms with Crippen molar-refractivity contribution in [2.45, 2.75) is 36.4 Å². The van der Waals surface area contributed by atoms with E-state index in [9.17, 15) is 13.2 Å². The number of aromatic nitrogens is 1. The van der Waals surface area contributed by atoms with Crippen molar-refractivity contribution in [2.24, 2.45) is 11.7 Å². The van der Waals surface area contributed by atoms with E-state index in [-0.39, 0.29) is 21.0 Å². The lowest BCUT2D eigenvalue weighted by Gasteiger charge is -2.27. The fraction of sp³-hybridized carbons (Fsp3) is 0.727. The molecule has 1 heterocycles. The Labute approximate surface area is 116 Å². The fourth-order valence-electron chi connectivity index (χ4n) is 2.72. The number of sulfonamides is 1. The molecule has 0 aromatic carbocycles. The lowest BCUT2D eigenvalue weighted by atomic mass is 10.0. The summed E-state index contributed by atoms with van der Waals surface area (Å²) in [5.74, 6) is 0.204. The van der Waals surface area contributed by atoms with Gasteiger partial charge in [-0.2, -0.15) is 4.31 Å². The van der Waals surface area contributed by atoms with Gasteiger partial charge in [-0.25, -0.2) is 8.42 Å². The molecule has 6 nitrogen and oxygen atoms in total. The molecule has 1 aromatic rings. The molecule has 0 amide bonds. The van der Waals surface area contributed by atoms with Crippen molar-refractivity contribution in [3.63, 3.8) is 0 Å². The average Bonchev–Trinajstić information content (AvgIpc) is 2.94. The third-order valence-electron chi connectivity index (χ3n) is 3.78. The van der Waals surface area contributed by atoms with Crippen LogP contribution in [0.2, 0.25) is 0 Å². The number of hydrogen-bond acceptors (Lipinski definition) is 5. The van der Waals surface area contributed by atoms with Gasteiger partial charge >= 0.3 is 4.87 Å². The Morgan fingerprint density at radius 3 is 2.68 bits per heavy atom. The highest BCUT2D eigenvalue weighted by molar-refractivity contribution is 7.91. The second kappa shape index (κ2) is 5.35.